The van der Waals surface area contributed by atoms with Gasteiger partial charge >= 0.3 is 0 Å². The smallest absolute Gasteiger partial charge is 0.244 e. The number of sulfonamides is 1. The van der Waals surface area contributed by atoms with E-state index in [1.807, 2.05) is 0 Å². The number of hydrogen-bond donors (Lipinski definition) is 2. The molecule has 1 heterocycles. The van der Waals surface area contributed by atoms with Crippen molar-refractivity contribution in [2.24, 2.45) is 0 Å². The van der Waals surface area contributed by atoms with Crippen LogP contribution < -0.4 is 14.8 Å². The minimum absolute atomic E-state index is 0.00573. The molecule has 1 atom stereocenters. The third-order valence-corrected chi connectivity index (χ3v) is 5.63. The summed E-state index contributed by atoms with van der Waals surface area (Å²) in [5.41, 5.74) is 0. The van der Waals surface area contributed by atoms with Gasteiger partial charge in [0.2, 0.25) is 10.0 Å². The first-order valence-corrected chi connectivity index (χ1v) is 10.6. The van der Waals surface area contributed by atoms with E-state index in [2.05, 4.69) is 17.0 Å². The van der Waals surface area contributed by atoms with E-state index in [9.17, 15) is 8.42 Å². The van der Waals surface area contributed by atoms with Crippen LogP contribution in [0.2, 0.25) is 5.02 Å². The molecule has 2 rings (SSSR count). The van der Waals surface area contributed by atoms with Crippen LogP contribution in [0.15, 0.2) is 23.1 Å². The van der Waals surface area contributed by atoms with E-state index in [0.29, 0.717) is 30.5 Å². The summed E-state index contributed by atoms with van der Waals surface area (Å²) in [6.45, 7) is 4.85. The van der Waals surface area contributed by atoms with Crippen molar-refractivity contribution in [3.05, 3.63) is 23.2 Å². The lowest BCUT2D eigenvalue weighted by atomic mass is 10.1. The van der Waals surface area contributed by atoms with Crippen molar-refractivity contribution < 1.29 is 17.9 Å². The summed E-state index contributed by atoms with van der Waals surface area (Å²) in [4.78, 5) is 0.0614. The molecular weight excluding hydrogens is 364 g/mol. The van der Waals surface area contributed by atoms with Crippen LogP contribution in [-0.2, 0) is 14.8 Å². The molecule has 1 aromatic rings. The number of rotatable bonds is 10. The Hall–Kier alpha value is -0.860. The fraction of sp³-hybridized carbons (Fsp3) is 0.647. The van der Waals surface area contributed by atoms with Gasteiger partial charge in [0.25, 0.3) is 0 Å². The Morgan fingerprint density at radius 1 is 1.28 bits per heavy atom. The topological polar surface area (TPSA) is 76.7 Å². The minimum atomic E-state index is -3.69. The van der Waals surface area contributed by atoms with Crippen molar-refractivity contribution >= 4 is 21.6 Å². The van der Waals surface area contributed by atoms with E-state index in [0.717, 1.165) is 38.8 Å². The van der Waals surface area contributed by atoms with Crippen LogP contribution in [0.3, 0.4) is 0 Å². The van der Waals surface area contributed by atoms with Gasteiger partial charge in [0.1, 0.15) is 17.3 Å². The molecule has 1 fully saturated rings. The van der Waals surface area contributed by atoms with Gasteiger partial charge in [-0.15, -0.1) is 0 Å². The summed E-state index contributed by atoms with van der Waals surface area (Å²) in [6.07, 6.45) is 4.10. The van der Waals surface area contributed by atoms with Crippen LogP contribution in [0.4, 0.5) is 0 Å². The number of ether oxygens (including phenoxy) is 2. The Bertz CT molecular complexity index is 634. The molecule has 0 radical (unpaired) electrons. The van der Waals surface area contributed by atoms with Gasteiger partial charge in [0.15, 0.2) is 0 Å². The van der Waals surface area contributed by atoms with Gasteiger partial charge in [-0.1, -0.05) is 18.5 Å². The van der Waals surface area contributed by atoms with Crippen molar-refractivity contribution in [2.45, 2.75) is 43.6 Å². The van der Waals surface area contributed by atoms with E-state index in [1.165, 1.54) is 6.07 Å². The fourth-order valence-corrected chi connectivity index (χ4v) is 4.02. The molecule has 0 bridgehead atoms. The van der Waals surface area contributed by atoms with Gasteiger partial charge in [-0.05, 0) is 50.4 Å². The lowest BCUT2D eigenvalue weighted by Crippen LogP contribution is -2.32. The number of nitrogens with one attached hydrogen (secondary N) is 2. The average Bonchev–Trinajstić information content (AvgIpc) is 2.61. The molecule has 1 aliphatic heterocycles. The molecule has 6 nitrogen and oxygen atoms in total. The van der Waals surface area contributed by atoms with E-state index < -0.39 is 10.0 Å². The molecule has 1 unspecified atom stereocenters. The van der Waals surface area contributed by atoms with Gasteiger partial charge in [0.05, 0.1) is 6.10 Å². The van der Waals surface area contributed by atoms with Gasteiger partial charge in [-0.2, -0.15) is 0 Å². The summed E-state index contributed by atoms with van der Waals surface area (Å²) in [6, 6.07) is 4.63. The van der Waals surface area contributed by atoms with Crippen molar-refractivity contribution in [1.29, 1.82) is 0 Å². The second kappa shape index (κ2) is 10.3. The molecule has 0 aliphatic carbocycles. The number of hydrogen-bond acceptors (Lipinski definition) is 5. The van der Waals surface area contributed by atoms with Crippen LogP contribution in [0.5, 0.6) is 5.75 Å². The third-order valence-electron chi connectivity index (χ3n) is 3.91. The highest BCUT2D eigenvalue weighted by Gasteiger charge is 2.21. The van der Waals surface area contributed by atoms with Crippen molar-refractivity contribution in [3.8, 4) is 5.75 Å². The standard InChI is InChI=1S/C17H27ClN2O4S/c1-2-8-19-9-10-20-25(21,22)17-12-14(18)6-7-16(17)24-13-15-5-3-4-11-23-15/h6-7,12,15,19-20H,2-5,8-11,13H2,1H3. The molecule has 8 heteroatoms. The van der Waals surface area contributed by atoms with Crippen LogP contribution in [0, 0.1) is 0 Å². The quantitative estimate of drug-likeness (QED) is 0.600. The predicted molar refractivity (Wildman–Crippen MR) is 98.9 cm³/mol. The molecule has 0 saturated carbocycles. The summed E-state index contributed by atoms with van der Waals surface area (Å²) in [5, 5.41) is 3.51. The van der Waals surface area contributed by atoms with Gasteiger partial charge in [0, 0.05) is 24.7 Å². The molecule has 1 aliphatic rings. The van der Waals surface area contributed by atoms with E-state index in [-0.39, 0.29) is 11.0 Å². The largest absolute Gasteiger partial charge is 0.489 e. The Morgan fingerprint density at radius 3 is 2.84 bits per heavy atom. The van der Waals surface area contributed by atoms with Gasteiger partial charge in [-0.3, -0.25) is 0 Å². The minimum Gasteiger partial charge on any atom is -0.489 e. The molecule has 1 aromatic carbocycles. The fourth-order valence-electron chi connectivity index (χ4n) is 2.59. The maximum atomic E-state index is 12.6. The highest BCUT2D eigenvalue weighted by atomic mass is 35.5. The lowest BCUT2D eigenvalue weighted by Gasteiger charge is -2.23. The van der Waals surface area contributed by atoms with Crippen molar-refractivity contribution in [1.82, 2.24) is 10.0 Å². The molecule has 142 valence electrons. The van der Waals surface area contributed by atoms with Crippen molar-refractivity contribution in [2.75, 3.05) is 32.8 Å². The highest BCUT2D eigenvalue weighted by Crippen LogP contribution is 2.28. The summed E-state index contributed by atoms with van der Waals surface area (Å²) < 4.78 is 39.1. The first-order valence-electron chi connectivity index (χ1n) is 8.77. The lowest BCUT2D eigenvalue weighted by molar-refractivity contribution is -0.0116. The second-order valence-electron chi connectivity index (χ2n) is 6.04. The molecule has 0 aromatic heterocycles. The Morgan fingerprint density at radius 2 is 2.12 bits per heavy atom. The molecular formula is C17H27ClN2O4S. The summed E-state index contributed by atoms with van der Waals surface area (Å²) in [7, 11) is -3.69. The summed E-state index contributed by atoms with van der Waals surface area (Å²) >= 11 is 5.99. The van der Waals surface area contributed by atoms with Gasteiger partial charge in [-0.25, -0.2) is 13.1 Å². The van der Waals surface area contributed by atoms with Crippen molar-refractivity contribution in [3.63, 3.8) is 0 Å². The second-order valence-corrected chi connectivity index (χ2v) is 8.21. The molecule has 25 heavy (non-hydrogen) atoms. The SMILES string of the molecule is CCCNCCNS(=O)(=O)c1cc(Cl)ccc1OCC1CCCCO1. The Balaban J connectivity index is 2.00. The third kappa shape index (κ3) is 6.75. The van der Waals surface area contributed by atoms with Crippen LogP contribution >= 0.6 is 11.6 Å². The maximum Gasteiger partial charge on any atom is 0.244 e. The van der Waals surface area contributed by atoms with Crippen LogP contribution in [-0.4, -0.2) is 47.4 Å². The molecule has 0 amide bonds. The van der Waals surface area contributed by atoms with E-state index in [1.54, 1.807) is 12.1 Å². The zero-order valence-electron chi connectivity index (χ0n) is 14.6. The summed E-state index contributed by atoms with van der Waals surface area (Å²) in [5.74, 6) is 0.299. The predicted octanol–water partition coefficient (Wildman–Crippen LogP) is 2.57. The average molecular weight is 391 g/mol. The monoisotopic (exact) mass is 390 g/mol. The molecule has 1 saturated heterocycles. The van der Waals surface area contributed by atoms with Crippen LogP contribution in [0.25, 0.3) is 0 Å². The Kier molecular flexibility index (Phi) is 8.45. The Labute approximate surface area is 155 Å². The van der Waals surface area contributed by atoms with E-state index in [4.69, 9.17) is 21.1 Å². The van der Waals surface area contributed by atoms with E-state index >= 15 is 0 Å². The molecule has 2 N–H and O–H groups in total. The maximum absolute atomic E-state index is 12.6. The van der Waals surface area contributed by atoms with Gasteiger partial charge < -0.3 is 14.8 Å². The van der Waals surface area contributed by atoms with Crippen LogP contribution in [0.1, 0.15) is 32.6 Å². The normalized spacial score (nSPS) is 18.2. The first kappa shape index (κ1) is 20.5. The highest BCUT2D eigenvalue weighted by molar-refractivity contribution is 7.89. The first-order chi connectivity index (χ1) is 12.0. The molecule has 0 spiro atoms. The number of benzene rings is 1. The number of halogens is 1. The zero-order chi connectivity index (χ0) is 18.1. The zero-order valence-corrected chi connectivity index (χ0v) is 16.2.